The first-order chi connectivity index (χ1) is 5.70. The summed E-state index contributed by atoms with van der Waals surface area (Å²) in [6.45, 7) is 1.90. The van der Waals surface area contributed by atoms with Gasteiger partial charge in [0.25, 0.3) is 0 Å². The Morgan fingerprint density at radius 2 is 2.67 bits per heavy atom. The number of nitrogens with zero attached hydrogens (tertiary/aromatic N) is 2. The van der Waals surface area contributed by atoms with Crippen molar-refractivity contribution in [1.29, 1.82) is 0 Å². The lowest BCUT2D eigenvalue weighted by Crippen LogP contribution is -2.24. The quantitative estimate of drug-likeness (QED) is 0.339. The number of nitrogens with two attached hydrogens (primary N) is 1. The van der Waals surface area contributed by atoms with E-state index in [2.05, 4.69) is 32.7 Å². The number of nitrogens with one attached hydrogen (secondary N) is 2. The monoisotopic (exact) mass is 183 g/mol. The Balaban J connectivity index is 2.57. The van der Waals surface area contributed by atoms with E-state index >= 15 is 0 Å². The fourth-order valence-electron chi connectivity index (χ4n) is 0.657. The second-order valence-corrected chi connectivity index (χ2v) is 2.59. The maximum atomic E-state index is 5.15. The predicted molar refractivity (Wildman–Crippen MR) is 50.8 cm³/mol. The van der Waals surface area contributed by atoms with Crippen molar-refractivity contribution >= 4 is 23.5 Å². The van der Waals surface area contributed by atoms with Crippen LogP contribution in [0.4, 0.5) is 0 Å². The first kappa shape index (κ1) is 8.66. The van der Waals surface area contributed by atoms with Gasteiger partial charge in [0.1, 0.15) is 5.69 Å². The molecule has 0 aliphatic rings. The normalized spacial score (nSPS) is 10.4. The van der Waals surface area contributed by atoms with Gasteiger partial charge in [0.05, 0.1) is 12.5 Å². The lowest BCUT2D eigenvalue weighted by Gasteiger charge is -1.92. The molecule has 0 amide bonds. The Labute approximate surface area is 75.1 Å². The zero-order chi connectivity index (χ0) is 8.97. The summed E-state index contributed by atoms with van der Waals surface area (Å²) in [6, 6.07) is 0. The second-order valence-electron chi connectivity index (χ2n) is 2.15. The fraction of sp³-hybridized carbons (Fsp3) is 0.167. The standard InChI is InChI=1S/C6H9N5S/c1-4-5(9-3-8-4)2-10-11-6(7)12/h2-3H,1H3,(H,8,9)(H3,7,11,12)/b10-2+. The van der Waals surface area contributed by atoms with Crippen molar-refractivity contribution in [3.05, 3.63) is 17.7 Å². The van der Waals surface area contributed by atoms with Gasteiger partial charge < -0.3 is 10.7 Å². The zero-order valence-corrected chi connectivity index (χ0v) is 7.35. The number of aryl methyl sites for hydroxylation is 1. The maximum Gasteiger partial charge on any atom is 0.184 e. The Kier molecular flexibility index (Phi) is 2.76. The Hall–Kier alpha value is -1.43. The Morgan fingerprint density at radius 1 is 1.92 bits per heavy atom. The topological polar surface area (TPSA) is 79.1 Å². The van der Waals surface area contributed by atoms with E-state index in [-0.39, 0.29) is 5.11 Å². The summed E-state index contributed by atoms with van der Waals surface area (Å²) in [5.41, 5.74) is 9.29. The van der Waals surface area contributed by atoms with E-state index in [4.69, 9.17) is 5.73 Å². The van der Waals surface area contributed by atoms with Crippen LogP contribution in [-0.2, 0) is 0 Å². The summed E-state index contributed by atoms with van der Waals surface area (Å²) in [5, 5.41) is 3.89. The fourth-order valence-corrected chi connectivity index (χ4v) is 0.709. The molecule has 0 spiro atoms. The molecular weight excluding hydrogens is 174 g/mol. The van der Waals surface area contributed by atoms with Crippen molar-refractivity contribution in [2.24, 2.45) is 10.8 Å². The first-order valence-electron chi connectivity index (χ1n) is 3.28. The third-order valence-corrected chi connectivity index (χ3v) is 1.32. The van der Waals surface area contributed by atoms with E-state index in [0.29, 0.717) is 0 Å². The van der Waals surface area contributed by atoms with Crippen molar-refractivity contribution < 1.29 is 0 Å². The number of rotatable bonds is 2. The molecule has 0 fully saturated rings. The van der Waals surface area contributed by atoms with E-state index in [1.807, 2.05) is 6.92 Å². The predicted octanol–water partition coefficient (Wildman–Crippen LogP) is -0.115. The van der Waals surface area contributed by atoms with Crippen LogP contribution in [0.15, 0.2) is 11.4 Å². The molecule has 6 heteroatoms. The van der Waals surface area contributed by atoms with Crippen molar-refractivity contribution in [2.45, 2.75) is 6.92 Å². The Bertz CT molecular complexity index is 303. The molecule has 0 aliphatic carbocycles. The molecule has 0 radical (unpaired) electrons. The number of hydrogen-bond donors (Lipinski definition) is 3. The molecule has 5 nitrogen and oxygen atoms in total. The van der Waals surface area contributed by atoms with Crippen LogP contribution >= 0.6 is 12.2 Å². The molecule has 1 rings (SSSR count). The van der Waals surface area contributed by atoms with Crippen LogP contribution < -0.4 is 11.2 Å². The largest absolute Gasteiger partial charge is 0.375 e. The zero-order valence-electron chi connectivity index (χ0n) is 6.53. The molecule has 0 aromatic carbocycles. The van der Waals surface area contributed by atoms with E-state index in [9.17, 15) is 0 Å². The molecule has 64 valence electrons. The third-order valence-electron chi connectivity index (χ3n) is 1.23. The SMILES string of the molecule is Cc1[nH]cnc1/C=N/NC(N)=S. The summed E-state index contributed by atoms with van der Waals surface area (Å²) in [6.07, 6.45) is 3.14. The van der Waals surface area contributed by atoms with Crippen molar-refractivity contribution in [2.75, 3.05) is 0 Å². The van der Waals surface area contributed by atoms with Crippen LogP contribution in [0.2, 0.25) is 0 Å². The van der Waals surface area contributed by atoms with Crippen molar-refractivity contribution in [3.8, 4) is 0 Å². The highest BCUT2D eigenvalue weighted by atomic mass is 32.1. The van der Waals surface area contributed by atoms with Gasteiger partial charge >= 0.3 is 0 Å². The minimum absolute atomic E-state index is 0.138. The van der Waals surface area contributed by atoms with Crippen molar-refractivity contribution in [1.82, 2.24) is 15.4 Å². The number of aromatic amines is 1. The molecule has 4 N–H and O–H groups in total. The molecule has 12 heavy (non-hydrogen) atoms. The molecule has 0 aliphatic heterocycles. The summed E-state index contributed by atoms with van der Waals surface area (Å²) >= 11 is 4.55. The molecule has 0 bridgehead atoms. The van der Waals surface area contributed by atoms with Gasteiger partial charge in [0, 0.05) is 5.69 Å². The lowest BCUT2D eigenvalue weighted by atomic mass is 10.4. The molecule has 1 aromatic rings. The van der Waals surface area contributed by atoms with Gasteiger partial charge in [0.2, 0.25) is 0 Å². The first-order valence-corrected chi connectivity index (χ1v) is 3.69. The van der Waals surface area contributed by atoms with Gasteiger partial charge in [-0.05, 0) is 19.1 Å². The lowest BCUT2D eigenvalue weighted by molar-refractivity contribution is 1.04. The molecule has 0 saturated carbocycles. The minimum Gasteiger partial charge on any atom is -0.375 e. The average molecular weight is 183 g/mol. The van der Waals surface area contributed by atoms with E-state index in [0.717, 1.165) is 11.4 Å². The molecule has 1 heterocycles. The highest BCUT2D eigenvalue weighted by molar-refractivity contribution is 7.80. The van der Waals surface area contributed by atoms with Gasteiger partial charge in [0.15, 0.2) is 5.11 Å². The van der Waals surface area contributed by atoms with Gasteiger partial charge in [-0.2, -0.15) is 5.10 Å². The van der Waals surface area contributed by atoms with Crippen LogP contribution in [-0.4, -0.2) is 21.3 Å². The number of aromatic nitrogens is 2. The van der Waals surface area contributed by atoms with Gasteiger partial charge in [-0.15, -0.1) is 0 Å². The number of hydrogen-bond acceptors (Lipinski definition) is 3. The van der Waals surface area contributed by atoms with Gasteiger partial charge in [-0.3, -0.25) is 5.43 Å². The number of hydrazone groups is 1. The molecule has 0 unspecified atom stereocenters. The van der Waals surface area contributed by atoms with Crippen LogP contribution in [0.25, 0.3) is 0 Å². The summed E-state index contributed by atoms with van der Waals surface area (Å²) in [7, 11) is 0. The molecule has 0 saturated heterocycles. The van der Waals surface area contributed by atoms with E-state index in [1.165, 1.54) is 0 Å². The molecule has 0 atom stereocenters. The van der Waals surface area contributed by atoms with E-state index < -0.39 is 0 Å². The van der Waals surface area contributed by atoms with E-state index in [1.54, 1.807) is 12.5 Å². The summed E-state index contributed by atoms with van der Waals surface area (Å²) < 4.78 is 0. The second kappa shape index (κ2) is 3.82. The van der Waals surface area contributed by atoms with Crippen LogP contribution in [0.5, 0.6) is 0 Å². The summed E-state index contributed by atoms with van der Waals surface area (Å²) in [5.74, 6) is 0. The highest BCUT2D eigenvalue weighted by Crippen LogP contribution is 1.94. The van der Waals surface area contributed by atoms with Gasteiger partial charge in [-0.25, -0.2) is 4.98 Å². The molecular formula is C6H9N5S. The third kappa shape index (κ3) is 2.31. The Morgan fingerprint density at radius 3 is 3.17 bits per heavy atom. The maximum absolute atomic E-state index is 5.15. The van der Waals surface area contributed by atoms with Crippen LogP contribution in [0.1, 0.15) is 11.4 Å². The van der Waals surface area contributed by atoms with Crippen molar-refractivity contribution in [3.63, 3.8) is 0 Å². The molecule has 1 aromatic heterocycles. The smallest absolute Gasteiger partial charge is 0.184 e. The number of imidazole rings is 1. The minimum atomic E-state index is 0.138. The van der Waals surface area contributed by atoms with Gasteiger partial charge in [-0.1, -0.05) is 0 Å². The van der Waals surface area contributed by atoms with Crippen LogP contribution in [0, 0.1) is 6.92 Å². The highest BCUT2D eigenvalue weighted by Gasteiger charge is 1.94. The number of H-pyrrole nitrogens is 1. The summed E-state index contributed by atoms with van der Waals surface area (Å²) in [4.78, 5) is 6.90. The number of thiocarbonyl (C=S) groups is 1. The average Bonchev–Trinajstić information content (AvgIpc) is 2.36. The van der Waals surface area contributed by atoms with Crippen LogP contribution in [0.3, 0.4) is 0 Å².